The van der Waals surface area contributed by atoms with Crippen molar-refractivity contribution in [3.05, 3.63) is 59.2 Å². The lowest BCUT2D eigenvalue weighted by molar-refractivity contribution is 0.0760. The first kappa shape index (κ1) is 23.7. The molecular formula is C26H34N2O4. The Labute approximate surface area is 191 Å². The van der Waals surface area contributed by atoms with Gasteiger partial charge in [-0.15, -0.1) is 0 Å². The van der Waals surface area contributed by atoms with Gasteiger partial charge in [0, 0.05) is 19.1 Å². The highest BCUT2D eigenvalue weighted by molar-refractivity contribution is 5.98. The summed E-state index contributed by atoms with van der Waals surface area (Å²) in [6.45, 7) is 4.31. The molecule has 1 heterocycles. The van der Waals surface area contributed by atoms with Crippen LogP contribution in [0.3, 0.4) is 0 Å². The smallest absolute Gasteiger partial charge is 0.258 e. The standard InChI is InChI=1S/C26H34N2O4/c1-19(17-20-9-6-5-7-10-20)18-28(16-14-21-11-8-15-27-21)26(29)22-12-13-23(30-2)25(32-4)24(22)31-3/h5-7,9-10,12-13,17,21,27H,8,11,14-16,18H2,1-4H3/t21-/m1/s1. The maximum Gasteiger partial charge on any atom is 0.258 e. The van der Waals surface area contributed by atoms with E-state index in [2.05, 4.69) is 30.4 Å². The number of hydrogen-bond donors (Lipinski definition) is 1. The lowest BCUT2D eigenvalue weighted by Gasteiger charge is -2.26. The van der Waals surface area contributed by atoms with E-state index in [1.807, 2.05) is 23.1 Å². The van der Waals surface area contributed by atoms with Gasteiger partial charge in [0.25, 0.3) is 5.91 Å². The van der Waals surface area contributed by atoms with E-state index in [0.717, 1.165) is 30.5 Å². The van der Waals surface area contributed by atoms with Crippen LogP contribution in [0.25, 0.3) is 6.08 Å². The van der Waals surface area contributed by atoms with Crippen molar-refractivity contribution < 1.29 is 19.0 Å². The summed E-state index contributed by atoms with van der Waals surface area (Å²) < 4.78 is 16.4. The van der Waals surface area contributed by atoms with Crippen molar-refractivity contribution in [2.24, 2.45) is 0 Å². The first-order valence-corrected chi connectivity index (χ1v) is 11.1. The van der Waals surface area contributed by atoms with E-state index >= 15 is 0 Å². The molecule has 6 heteroatoms. The SMILES string of the molecule is COc1ccc(C(=O)N(CC[C@H]2CCCN2)CC(C)=Cc2ccccc2)c(OC)c1OC. The first-order chi connectivity index (χ1) is 15.6. The fourth-order valence-corrected chi connectivity index (χ4v) is 4.19. The summed E-state index contributed by atoms with van der Waals surface area (Å²) in [4.78, 5) is 15.6. The minimum atomic E-state index is -0.0818. The molecule has 0 bridgehead atoms. The Morgan fingerprint density at radius 2 is 1.81 bits per heavy atom. The topological polar surface area (TPSA) is 60.0 Å². The van der Waals surface area contributed by atoms with Gasteiger partial charge in [-0.05, 0) is 50.4 Å². The van der Waals surface area contributed by atoms with E-state index in [-0.39, 0.29) is 5.91 Å². The van der Waals surface area contributed by atoms with Gasteiger partial charge in [0.1, 0.15) is 0 Å². The number of methoxy groups -OCH3 is 3. The molecule has 0 spiro atoms. The Morgan fingerprint density at radius 1 is 1.06 bits per heavy atom. The van der Waals surface area contributed by atoms with Gasteiger partial charge in [-0.3, -0.25) is 4.79 Å². The molecular weight excluding hydrogens is 404 g/mol. The Morgan fingerprint density at radius 3 is 2.44 bits per heavy atom. The van der Waals surface area contributed by atoms with Crippen LogP contribution in [0.1, 0.15) is 42.1 Å². The van der Waals surface area contributed by atoms with Crippen molar-refractivity contribution in [2.45, 2.75) is 32.2 Å². The van der Waals surface area contributed by atoms with E-state index in [1.165, 1.54) is 6.42 Å². The number of rotatable bonds is 10. The lowest BCUT2D eigenvalue weighted by Crippen LogP contribution is -2.36. The number of carbonyl (C=O) groups excluding carboxylic acids is 1. The molecule has 2 aromatic rings. The molecule has 1 fully saturated rings. The average Bonchev–Trinajstić information content (AvgIpc) is 3.34. The van der Waals surface area contributed by atoms with E-state index in [9.17, 15) is 4.79 Å². The molecule has 1 saturated heterocycles. The van der Waals surface area contributed by atoms with Crippen LogP contribution in [0.2, 0.25) is 0 Å². The zero-order valence-electron chi connectivity index (χ0n) is 19.5. The van der Waals surface area contributed by atoms with E-state index in [0.29, 0.717) is 41.9 Å². The minimum absolute atomic E-state index is 0.0818. The van der Waals surface area contributed by atoms with Crippen LogP contribution in [0, 0.1) is 0 Å². The maximum absolute atomic E-state index is 13.7. The first-order valence-electron chi connectivity index (χ1n) is 11.1. The van der Waals surface area contributed by atoms with Gasteiger partial charge in [0.05, 0.1) is 26.9 Å². The molecule has 0 unspecified atom stereocenters. The second-order valence-electron chi connectivity index (χ2n) is 8.09. The van der Waals surface area contributed by atoms with Gasteiger partial charge in [0.2, 0.25) is 5.75 Å². The number of carbonyl (C=O) groups is 1. The molecule has 1 aliphatic heterocycles. The monoisotopic (exact) mass is 438 g/mol. The third-order valence-electron chi connectivity index (χ3n) is 5.78. The van der Waals surface area contributed by atoms with Crippen molar-refractivity contribution in [3.63, 3.8) is 0 Å². The van der Waals surface area contributed by atoms with E-state index < -0.39 is 0 Å². The highest BCUT2D eigenvalue weighted by atomic mass is 16.5. The van der Waals surface area contributed by atoms with Crippen LogP contribution in [0.15, 0.2) is 48.0 Å². The molecule has 1 N–H and O–H groups in total. The summed E-state index contributed by atoms with van der Waals surface area (Å²) in [6, 6.07) is 14.1. The van der Waals surface area contributed by atoms with Crippen LogP contribution in [-0.2, 0) is 0 Å². The molecule has 1 atom stereocenters. The quantitative estimate of drug-likeness (QED) is 0.596. The van der Waals surface area contributed by atoms with Gasteiger partial charge in [-0.25, -0.2) is 0 Å². The van der Waals surface area contributed by atoms with Crippen molar-refractivity contribution >= 4 is 12.0 Å². The Kier molecular flexibility index (Phi) is 8.56. The van der Waals surface area contributed by atoms with Crippen LogP contribution in [0.4, 0.5) is 0 Å². The molecule has 32 heavy (non-hydrogen) atoms. The van der Waals surface area contributed by atoms with E-state index in [1.54, 1.807) is 33.5 Å². The molecule has 0 aromatic heterocycles. The second kappa shape index (κ2) is 11.6. The summed E-state index contributed by atoms with van der Waals surface area (Å²) in [6.07, 6.45) is 5.38. The fourth-order valence-electron chi connectivity index (χ4n) is 4.19. The molecule has 0 saturated carbocycles. The predicted octanol–water partition coefficient (Wildman–Crippen LogP) is 4.40. The molecule has 0 radical (unpaired) electrons. The Bertz CT molecular complexity index is 921. The normalized spacial score (nSPS) is 16.0. The summed E-state index contributed by atoms with van der Waals surface area (Å²) in [7, 11) is 4.66. The van der Waals surface area contributed by atoms with Crippen LogP contribution in [0.5, 0.6) is 17.2 Å². The van der Waals surface area contributed by atoms with Crippen LogP contribution in [-0.4, -0.2) is 57.8 Å². The molecule has 1 aliphatic rings. The lowest BCUT2D eigenvalue weighted by atomic mass is 10.1. The Balaban J connectivity index is 1.88. The van der Waals surface area contributed by atoms with Gasteiger partial charge >= 0.3 is 0 Å². The molecule has 2 aromatic carbocycles. The van der Waals surface area contributed by atoms with Gasteiger partial charge in [-0.2, -0.15) is 0 Å². The summed E-state index contributed by atoms with van der Waals surface area (Å²) in [5, 5.41) is 3.53. The third-order valence-corrected chi connectivity index (χ3v) is 5.78. The number of ether oxygens (including phenoxy) is 3. The number of amides is 1. The number of benzene rings is 2. The molecule has 6 nitrogen and oxygen atoms in total. The fraction of sp³-hybridized carbons (Fsp3) is 0.423. The molecule has 0 aliphatic carbocycles. The Hall–Kier alpha value is -2.99. The van der Waals surface area contributed by atoms with Crippen LogP contribution < -0.4 is 19.5 Å². The molecule has 1 amide bonds. The number of nitrogens with one attached hydrogen (secondary N) is 1. The van der Waals surface area contributed by atoms with Gasteiger partial charge < -0.3 is 24.4 Å². The molecule has 172 valence electrons. The average molecular weight is 439 g/mol. The largest absolute Gasteiger partial charge is 0.493 e. The van der Waals surface area contributed by atoms with Crippen LogP contribution >= 0.6 is 0 Å². The van der Waals surface area contributed by atoms with Crippen molar-refractivity contribution in [3.8, 4) is 17.2 Å². The minimum Gasteiger partial charge on any atom is -0.493 e. The predicted molar refractivity (Wildman–Crippen MR) is 128 cm³/mol. The van der Waals surface area contributed by atoms with Gasteiger partial charge in [0.15, 0.2) is 11.5 Å². The van der Waals surface area contributed by atoms with Crippen molar-refractivity contribution in [2.75, 3.05) is 41.0 Å². The molecule has 3 rings (SSSR count). The second-order valence-corrected chi connectivity index (χ2v) is 8.09. The van der Waals surface area contributed by atoms with E-state index in [4.69, 9.17) is 14.2 Å². The maximum atomic E-state index is 13.7. The summed E-state index contributed by atoms with van der Waals surface area (Å²) >= 11 is 0. The highest BCUT2D eigenvalue weighted by Gasteiger charge is 2.26. The number of hydrogen-bond acceptors (Lipinski definition) is 5. The zero-order chi connectivity index (χ0) is 22.9. The van der Waals surface area contributed by atoms with Gasteiger partial charge in [-0.1, -0.05) is 42.0 Å². The van der Waals surface area contributed by atoms with Crippen molar-refractivity contribution in [1.82, 2.24) is 10.2 Å². The third kappa shape index (κ3) is 5.82. The number of nitrogens with zero attached hydrogens (tertiary/aromatic N) is 1. The zero-order valence-corrected chi connectivity index (χ0v) is 19.5. The summed E-state index contributed by atoms with van der Waals surface area (Å²) in [5.41, 5.74) is 2.71. The van der Waals surface area contributed by atoms with Crippen molar-refractivity contribution in [1.29, 1.82) is 0 Å². The summed E-state index contributed by atoms with van der Waals surface area (Å²) in [5.74, 6) is 1.27. The highest BCUT2D eigenvalue weighted by Crippen LogP contribution is 2.40.